The van der Waals surface area contributed by atoms with Gasteiger partial charge in [-0.25, -0.2) is 0 Å². The van der Waals surface area contributed by atoms with Gasteiger partial charge in [0.1, 0.15) is 11.5 Å². The van der Waals surface area contributed by atoms with Crippen molar-refractivity contribution in [3.8, 4) is 0 Å². The Bertz CT molecular complexity index is 802. The number of hydrogen-bond donors (Lipinski definition) is 1. The monoisotopic (exact) mass is 426 g/mol. The summed E-state index contributed by atoms with van der Waals surface area (Å²) in [5.74, 6) is 0.226. The van der Waals surface area contributed by atoms with Crippen LogP contribution >= 0.6 is 39.1 Å². The quantitative estimate of drug-likeness (QED) is 0.710. The summed E-state index contributed by atoms with van der Waals surface area (Å²) >= 11 is 15.9. The molecule has 4 nitrogen and oxygen atoms in total. The van der Waals surface area contributed by atoms with Gasteiger partial charge in [-0.05, 0) is 43.3 Å². The van der Waals surface area contributed by atoms with E-state index >= 15 is 0 Å². The molecule has 124 valence electrons. The molecule has 7 heteroatoms. The predicted molar refractivity (Wildman–Crippen MR) is 100 cm³/mol. The standard InChI is InChI=1S/C17H13BrCl2N2O2/c1-10-15(17(23)21-12-7-5-11(18)6-8-12)22(9-24-10)16-13(19)3-2-4-14(16)20/h2-8H,9H2,1H3,(H,21,23). The maximum absolute atomic E-state index is 12.7. The van der Waals surface area contributed by atoms with Crippen LogP contribution in [-0.2, 0) is 9.53 Å². The van der Waals surface area contributed by atoms with Crippen LogP contribution < -0.4 is 10.2 Å². The van der Waals surface area contributed by atoms with Gasteiger partial charge in [-0.2, -0.15) is 0 Å². The third-order valence-electron chi connectivity index (χ3n) is 3.54. The molecule has 1 aliphatic heterocycles. The van der Waals surface area contributed by atoms with Crippen molar-refractivity contribution in [1.29, 1.82) is 0 Å². The molecule has 1 amide bonds. The Labute approximate surface area is 158 Å². The van der Waals surface area contributed by atoms with Gasteiger partial charge in [-0.3, -0.25) is 9.69 Å². The molecule has 0 bridgehead atoms. The minimum Gasteiger partial charge on any atom is -0.475 e. The normalized spacial score (nSPS) is 13.9. The highest BCUT2D eigenvalue weighted by Crippen LogP contribution is 2.38. The van der Waals surface area contributed by atoms with E-state index in [0.717, 1.165) is 4.47 Å². The Hall–Kier alpha value is -1.69. The predicted octanol–water partition coefficient (Wildman–Crippen LogP) is 5.42. The number of nitrogens with one attached hydrogen (secondary N) is 1. The van der Waals surface area contributed by atoms with Crippen molar-refractivity contribution in [3.05, 3.63) is 68.4 Å². The van der Waals surface area contributed by atoms with E-state index in [1.165, 1.54) is 0 Å². The molecule has 3 rings (SSSR count). The van der Waals surface area contributed by atoms with E-state index in [1.54, 1.807) is 42.2 Å². The molecule has 0 unspecified atom stereocenters. The number of rotatable bonds is 3. The molecule has 0 fully saturated rings. The van der Waals surface area contributed by atoms with E-state index in [1.807, 2.05) is 12.1 Å². The zero-order valence-electron chi connectivity index (χ0n) is 12.6. The van der Waals surface area contributed by atoms with Gasteiger partial charge in [0.15, 0.2) is 6.73 Å². The lowest BCUT2D eigenvalue weighted by Crippen LogP contribution is -2.29. The smallest absolute Gasteiger partial charge is 0.275 e. The molecule has 0 spiro atoms. The molecule has 2 aromatic carbocycles. The van der Waals surface area contributed by atoms with Gasteiger partial charge in [-0.15, -0.1) is 0 Å². The molecule has 1 heterocycles. The minimum atomic E-state index is -0.289. The Balaban J connectivity index is 1.91. The fourth-order valence-corrected chi connectivity index (χ4v) is 3.28. The Kier molecular flexibility index (Phi) is 5.04. The van der Waals surface area contributed by atoms with Crippen LogP contribution in [0.2, 0.25) is 10.0 Å². The molecule has 2 aromatic rings. The Morgan fingerprint density at radius 2 is 1.79 bits per heavy atom. The second-order valence-electron chi connectivity index (χ2n) is 5.14. The number of carbonyl (C=O) groups is 1. The fourth-order valence-electron chi connectivity index (χ4n) is 2.41. The summed E-state index contributed by atoms with van der Waals surface area (Å²) in [6.07, 6.45) is 0. The first kappa shape index (κ1) is 17.1. The maximum Gasteiger partial charge on any atom is 0.275 e. The summed E-state index contributed by atoms with van der Waals surface area (Å²) in [4.78, 5) is 14.4. The number of anilines is 2. The molecule has 0 saturated heterocycles. The van der Waals surface area contributed by atoms with Gasteiger partial charge in [0.25, 0.3) is 5.91 Å². The zero-order chi connectivity index (χ0) is 17.3. The number of benzene rings is 2. The minimum absolute atomic E-state index is 0.179. The number of hydrogen-bond acceptors (Lipinski definition) is 3. The van der Waals surface area contributed by atoms with Crippen molar-refractivity contribution in [2.75, 3.05) is 16.9 Å². The molecule has 1 aliphatic rings. The molecular weight excluding hydrogens is 415 g/mol. The van der Waals surface area contributed by atoms with E-state index in [4.69, 9.17) is 27.9 Å². The molecule has 0 radical (unpaired) electrons. The molecule has 0 saturated carbocycles. The number of carbonyl (C=O) groups excluding carboxylic acids is 1. The molecule has 0 atom stereocenters. The maximum atomic E-state index is 12.7. The van der Waals surface area contributed by atoms with Gasteiger partial charge in [0, 0.05) is 10.2 Å². The van der Waals surface area contributed by atoms with Crippen LogP contribution in [0.3, 0.4) is 0 Å². The van der Waals surface area contributed by atoms with E-state index < -0.39 is 0 Å². The van der Waals surface area contributed by atoms with Crippen LogP contribution in [0.25, 0.3) is 0 Å². The van der Waals surface area contributed by atoms with Gasteiger partial charge in [0.05, 0.1) is 15.7 Å². The molecule has 0 aromatic heterocycles. The SMILES string of the molecule is CC1=C(C(=O)Nc2ccc(Br)cc2)N(c2c(Cl)cccc2Cl)CO1. The summed E-state index contributed by atoms with van der Waals surface area (Å²) in [6, 6.07) is 12.5. The summed E-state index contributed by atoms with van der Waals surface area (Å²) in [5.41, 5.74) is 1.62. The van der Waals surface area contributed by atoms with Crippen LogP contribution in [-0.4, -0.2) is 12.6 Å². The van der Waals surface area contributed by atoms with Crippen molar-refractivity contribution in [3.63, 3.8) is 0 Å². The van der Waals surface area contributed by atoms with Crippen molar-refractivity contribution in [2.24, 2.45) is 0 Å². The summed E-state index contributed by atoms with van der Waals surface area (Å²) < 4.78 is 6.48. The number of para-hydroxylation sites is 1. The van der Waals surface area contributed by atoms with E-state index in [2.05, 4.69) is 21.2 Å². The number of nitrogens with zero attached hydrogens (tertiary/aromatic N) is 1. The van der Waals surface area contributed by atoms with Crippen molar-refractivity contribution < 1.29 is 9.53 Å². The average molecular weight is 428 g/mol. The first-order valence-corrected chi connectivity index (χ1v) is 8.64. The largest absolute Gasteiger partial charge is 0.475 e. The van der Waals surface area contributed by atoms with Crippen LogP contribution in [0.5, 0.6) is 0 Å². The number of halogens is 3. The van der Waals surface area contributed by atoms with Crippen LogP contribution in [0.15, 0.2) is 58.4 Å². The van der Waals surface area contributed by atoms with E-state index in [-0.39, 0.29) is 12.6 Å². The van der Waals surface area contributed by atoms with Gasteiger partial charge < -0.3 is 10.1 Å². The third kappa shape index (κ3) is 3.38. The third-order valence-corrected chi connectivity index (χ3v) is 4.68. The summed E-state index contributed by atoms with van der Waals surface area (Å²) in [6.45, 7) is 1.92. The molecule has 24 heavy (non-hydrogen) atoms. The molecule has 0 aliphatic carbocycles. The highest BCUT2D eigenvalue weighted by Gasteiger charge is 2.31. The van der Waals surface area contributed by atoms with Gasteiger partial charge in [-0.1, -0.05) is 45.2 Å². The highest BCUT2D eigenvalue weighted by atomic mass is 79.9. The van der Waals surface area contributed by atoms with Gasteiger partial charge in [0.2, 0.25) is 0 Å². The molecular formula is C17H13BrCl2N2O2. The van der Waals surface area contributed by atoms with Crippen LogP contribution in [0, 0.1) is 0 Å². The lowest BCUT2D eigenvalue weighted by molar-refractivity contribution is -0.112. The van der Waals surface area contributed by atoms with E-state index in [9.17, 15) is 4.79 Å². The lowest BCUT2D eigenvalue weighted by Gasteiger charge is -2.22. The zero-order valence-corrected chi connectivity index (χ0v) is 15.7. The first-order valence-electron chi connectivity index (χ1n) is 7.09. The first-order chi connectivity index (χ1) is 11.5. The number of allylic oxidation sites excluding steroid dienone is 1. The topological polar surface area (TPSA) is 41.6 Å². The fraction of sp³-hybridized carbons (Fsp3) is 0.118. The van der Waals surface area contributed by atoms with Crippen molar-refractivity contribution in [1.82, 2.24) is 0 Å². The van der Waals surface area contributed by atoms with E-state index in [0.29, 0.717) is 32.9 Å². The van der Waals surface area contributed by atoms with Gasteiger partial charge >= 0.3 is 0 Å². The summed E-state index contributed by atoms with van der Waals surface area (Å²) in [5, 5.41) is 3.76. The second-order valence-corrected chi connectivity index (χ2v) is 6.87. The number of amides is 1. The Morgan fingerprint density at radius 3 is 2.42 bits per heavy atom. The molecule has 1 N–H and O–H groups in total. The highest BCUT2D eigenvalue weighted by molar-refractivity contribution is 9.10. The second kappa shape index (κ2) is 7.05. The van der Waals surface area contributed by atoms with Crippen molar-refractivity contribution in [2.45, 2.75) is 6.92 Å². The average Bonchev–Trinajstić information content (AvgIpc) is 2.91. The lowest BCUT2D eigenvalue weighted by atomic mass is 10.2. The van der Waals surface area contributed by atoms with Crippen LogP contribution in [0.4, 0.5) is 11.4 Å². The Morgan fingerprint density at radius 1 is 1.17 bits per heavy atom. The number of ether oxygens (including phenoxy) is 1. The van der Waals surface area contributed by atoms with Crippen LogP contribution in [0.1, 0.15) is 6.92 Å². The van der Waals surface area contributed by atoms with Crippen molar-refractivity contribution >= 4 is 56.4 Å². The summed E-state index contributed by atoms with van der Waals surface area (Å²) in [7, 11) is 0.